The largest absolute Gasteiger partial charge is 0.383 e. The summed E-state index contributed by atoms with van der Waals surface area (Å²) in [6.07, 6.45) is 1.77. The van der Waals surface area contributed by atoms with Crippen molar-refractivity contribution in [3.63, 3.8) is 0 Å². The summed E-state index contributed by atoms with van der Waals surface area (Å²) in [7, 11) is 3.40. The third-order valence-electron chi connectivity index (χ3n) is 3.12. The summed E-state index contributed by atoms with van der Waals surface area (Å²) in [6, 6.07) is 0. The molecule has 0 aromatic heterocycles. The first-order valence-electron chi connectivity index (χ1n) is 6.09. The molecule has 0 spiro atoms. The molecule has 0 N–H and O–H groups in total. The van der Waals surface area contributed by atoms with Crippen LogP contribution in [0, 0.1) is 5.92 Å². The van der Waals surface area contributed by atoms with Crippen LogP contribution in [0.15, 0.2) is 0 Å². The second-order valence-electron chi connectivity index (χ2n) is 4.48. The number of rotatable bonds is 6. The van der Waals surface area contributed by atoms with E-state index in [9.17, 15) is 4.79 Å². The smallest absolute Gasteiger partial charge is 0.228 e. The van der Waals surface area contributed by atoms with Crippen LogP contribution in [0.1, 0.15) is 19.8 Å². The van der Waals surface area contributed by atoms with Crippen LogP contribution in [-0.4, -0.2) is 56.2 Å². The number of halogens is 1. The summed E-state index contributed by atoms with van der Waals surface area (Å²) in [5, 5.41) is -0.156. The van der Waals surface area contributed by atoms with Crippen LogP contribution in [0.2, 0.25) is 0 Å². The highest BCUT2D eigenvalue weighted by molar-refractivity contribution is 6.21. The Labute approximate surface area is 108 Å². The van der Waals surface area contributed by atoms with Crippen molar-refractivity contribution in [2.24, 2.45) is 5.92 Å². The molecule has 100 valence electrons. The molecule has 0 radical (unpaired) electrons. The molecule has 1 amide bonds. The standard InChI is InChI=1S/C12H22ClNO3/c1-4-11-10(5-6-17-11)12(15)14(2)7-9(13)8-16-3/h9-11H,4-8H2,1-3H3. The van der Waals surface area contributed by atoms with E-state index in [2.05, 4.69) is 0 Å². The summed E-state index contributed by atoms with van der Waals surface area (Å²) in [4.78, 5) is 13.9. The first-order valence-corrected chi connectivity index (χ1v) is 6.53. The lowest BCUT2D eigenvalue weighted by Gasteiger charge is -2.25. The van der Waals surface area contributed by atoms with Crippen molar-refractivity contribution >= 4 is 17.5 Å². The number of amides is 1. The minimum absolute atomic E-state index is 0.00332. The first-order chi connectivity index (χ1) is 8.10. The van der Waals surface area contributed by atoms with E-state index in [-0.39, 0.29) is 23.3 Å². The van der Waals surface area contributed by atoms with Crippen molar-refractivity contribution < 1.29 is 14.3 Å². The summed E-state index contributed by atoms with van der Waals surface area (Å²) in [5.74, 6) is 0.132. The van der Waals surface area contributed by atoms with Crippen LogP contribution < -0.4 is 0 Å². The van der Waals surface area contributed by atoms with Gasteiger partial charge in [0.25, 0.3) is 0 Å². The van der Waals surface area contributed by atoms with Crippen LogP contribution >= 0.6 is 11.6 Å². The minimum atomic E-state index is -0.156. The molecule has 0 aliphatic carbocycles. The van der Waals surface area contributed by atoms with Crippen LogP contribution in [0.3, 0.4) is 0 Å². The molecule has 1 saturated heterocycles. The molecule has 0 aromatic rings. The predicted octanol–water partition coefficient (Wildman–Crippen LogP) is 1.51. The molecule has 1 aliphatic rings. The van der Waals surface area contributed by atoms with E-state index in [1.807, 2.05) is 6.92 Å². The number of hydrogen-bond donors (Lipinski definition) is 0. The van der Waals surface area contributed by atoms with E-state index >= 15 is 0 Å². The lowest BCUT2D eigenvalue weighted by Crippen LogP contribution is -2.40. The van der Waals surface area contributed by atoms with E-state index in [1.165, 1.54) is 0 Å². The van der Waals surface area contributed by atoms with Gasteiger partial charge in [-0.1, -0.05) is 6.92 Å². The molecule has 4 nitrogen and oxygen atoms in total. The van der Waals surface area contributed by atoms with Gasteiger partial charge in [-0.25, -0.2) is 0 Å². The Morgan fingerprint density at radius 1 is 1.65 bits per heavy atom. The number of carbonyl (C=O) groups is 1. The van der Waals surface area contributed by atoms with Crippen molar-refractivity contribution in [3.05, 3.63) is 0 Å². The lowest BCUT2D eigenvalue weighted by molar-refractivity contribution is -0.136. The maximum Gasteiger partial charge on any atom is 0.228 e. The van der Waals surface area contributed by atoms with Gasteiger partial charge < -0.3 is 14.4 Å². The van der Waals surface area contributed by atoms with E-state index < -0.39 is 0 Å². The van der Waals surface area contributed by atoms with Gasteiger partial charge in [0, 0.05) is 27.3 Å². The summed E-state index contributed by atoms with van der Waals surface area (Å²) >= 11 is 6.05. The van der Waals surface area contributed by atoms with Gasteiger partial charge in [0.2, 0.25) is 5.91 Å². The molecule has 1 heterocycles. The number of hydrogen-bond acceptors (Lipinski definition) is 3. The van der Waals surface area contributed by atoms with E-state index in [1.54, 1.807) is 19.1 Å². The molecule has 1 rings (SSSR count). The molecule has 0 bridgehead atoms. The van der Waals surface area contributed by atoms with E-state index in [0.29, 0.717) is 19.8 Å². The highest BCUT2D eigenvalue weighted by atomic mass is 35.5. The van der Waals surface area contributed by atoms with Gasteiger partial charge in [-0.15, -0.1) is 11.6 Å². The number of alkyl halides is 1. The highest BCUT2D eigenvalue weighted by Crippen LogP contribution is 2.25. The van der Waals surface area contributed by atoms with Crippen molar-refractivity contribution in [3.8, 4) is 0 Å². The van der Waals surface area contributed by atoms with Gasteiger partial charge in [0.05, 0.1) is 24.0 Å². The minimum Gasteiger partial charge on any atom is -0.383 e. The van der Waals surface area contributed by atoms with Crippen molar-refractivity contribution in [1.82, 2.24) is 4.90 Å². The maximum atomic E-state index is 12.2. The van der Waals surface area contributed by atoms with Crippen molar-refractivity contribution in [1.29, 1.82) is 0 Å². The van der Waals surface area contributed by atoms with Gasteiger partial charge in [-0.05, 0) is 12.8 Å². The lowest BCUT2D eigenvalue weighted by atomic mass is 9.98. The average Bonchev–Trinajstić information content (AvgIpc) is 2.76. The van der Waals surface area contributed by atoms with Gasteiger partial charge in [-0.2, -0.15) is 0 Å². The van der Waals surface area contributed by atoms with Gasteiger partial charge >= 0.3 is 0 Å². The molecule has 1 fully saturated rings. The van der Waals surface area contributed by atoms with Crippen molar-refractivity contribution in [2.75, 3.05) is 33.9 Å². The third kappa shape index (κ3) is 4.12. The Balaban J connectivity index is 2.45. The average molecular weight is 264 g/mol. The Bertz CT molecular complexity index is 250. The highest BCUT2D eigenvalue weighted by Gasteiger charge is 2.34. The Morgan fingerprint density at radius 3 is 2.94 bits per heavy atom. The van der Waals surface area contributed by atoms with Gasteiger partial charge in [0.1, 0.15) is 0 Å². The van der Waals surface area contributed by atoms with Gasteiger partial charge in [-0.3, -0.25) is 4.79 Å². The van der Waals surface area contributed by atoms with E-state index in [0.717, 1.165) is 12.8 Å². The fourth-order valence-electron chi connectivity index (χ4n) is 2.24. The molecule has 5 heteroatoms. The molecule has 1 aliphatic heterocycles. The Kier molecular flexibility index (Phi) is 6.23. The molecular weight excluding hydrogens is 242 g/mol. The third-order valence-corrected chi connectivity index (χ3v) is 3.39. The van der Waals surface area contributed by atoms with Crippen molar-refractivity contribution in [2.45, 2.75) is 31.2 Å². The molecule has 0 saturated carbocycles. The first kappa shape index (κ1) is 14.7. The zero-order chi connectivity index (χ0) is 12.8. The normalized spacial score (nSPS) is 25.9. The molecule has 0 aromatic carbocycles. The van der Waals surface area contributed by atoms with E-state index in [4.69, 9.17) is 21.1 Å². The molecular formula is C12H22ClNO3. The SMILES string of the molecule is CCC1OCCC1C(=O)N(C)CC(Cl)COC. The zero-order valence-electron chi connectivity index (χ0n) is 10.8. The van der Waals surface area contributed by atoms with Crippen LogP contribution in [0.5, 0.6) is 0 Å². The molecule has 3 unspecified atom stereocenters. The number of ether oxygens (including phenoxy) is 2. The quantitative estimate of drug-likeness (QED) is 0.682. The van der Waals surface area contributed by atoms with Crippen LogP contribution in [-0.2, 0) is 14.3 Å². The van der Waals surface area contributed by atoms with Crippen LogP contribution in [0.25, 0.3) is 0 Å². The van der Waals surface area contributed by atoms with Crippen LogP contribution in [0.4, 0.5) is 0 Å². The maximum absolute atomic E-state index is 12.2. The number of carbonyl (C=O) groups excluding carboxylic acids is 1. The number of nitrogens with zero attached hydrogens (tertiary/aromatic N) is 1. The molecule has 17 heavy (non-hydrogen) atoms. The van der Waals surface area contributed by atoms with Gasteiger partial charge in [0.15, 0.2) is 0 Å². The topological polar surface area (TPSA) is 38.8 Å². The summed E-state index contributed by atoms with van der Waals surface area (Å²) < 4.78 is 10.5. The Morgan fingerprint density at radius 2 is 2.35 bits per heavy atom. The fraction of sp³-hybridized carbons (Fsp3) is 0.917. The summed E-state index contributed by atoms with van der Waals surface area (Å²) in [6.45, 7) is 3.70. The number of methoxy groups -OCH3 is 1. The second kappa shape index (κ2) is 7.19. The molecule has 3 atom stereocenters. The second-order valence-corrected chi connectivity index (χ2v) is 5.10. The monoisotopic (exact) mass is 263 g/mol. The predicted molar refractivity (Wildman–Crippen MR) is 67.3 cm³/mol. The summed E-state index contributed by atoms with van der Waals surface area (Å²) in [5.41, 5.74) is 0. The zero-order valence-corrected chi connectivity index (χ0v) is 11.6. The Hall–Kier alpha value is -0.320. The fourth-order valence-corrected chi connectivity index (χ4v) is 2.57.